The van der Waals surface area contributed by atoms with Crippen molar-refractivity contribution in [1.82, 2.24) is 14.9 Å². The fraction of sp³-hybridized carbons (Fsp3) is 0.250. The maximum Gasteiger partial charge on any atom is 0.258 e. The van der Waals surface area contributed by atoms with Crippen LogP contribution in [0.3, 0.4) is 0 Å². The first-order valence-corrected chi connectivity index (χ1v) is 12.1. The van der Waals surface area contributed by atoms with Gasteiger partial charge in [0.25, 0.3) is 5.91 Å². The van der Waals surface area contributed by atoms with Gasteiger partial charge in [-0.25, -0.2) is 9.97 Å². The molecule has 0 bridgehead atoms. The number of rotatable bonds is 5. The van der Waals surface area contributed by atoms with Crippen LogP contribution in [-0.2, 0) is 0 Å². The molecule has 36 heavy (non-hydrogen) atoms. The van der Waals surface area contributed by atoms with Crippen LogP contribution in [0.5, 0.6) is 17.2 Å². The topological polar surface area (TPSA) is 77.0 Å². The van der Waals surface area contributed by atoms with E-state index in [1.807, 2.05) is 72.5 Å². The van der Waals surface area contributed by atoms with E-state index < -0.39 is 0 Å². The van der Waals surface area contributed by atoms with E-state index in [9.17, 15) is 4.79 Å². The van der Waals surface area contributed by atoms with Crippen LogP contribution in [0.15, 0.2) is 66.9 Å². The Hall–Kier alpha value is -4.33. The molecule has 1 amide bonds. The van der Waals surface area contributed by atoms with Crippen molar-refractivity contribution in [2.24, 2.45) is 0 Å². The van der Waals surface area contributed by atoms with Gasteiger partial charge in [0, 0.05) is 37.9 Å². The quantitative estimate of drug-likeness (QED) is 0.418. The molecule has 0 unspecified atom stereocenters. The third kappa shape index (κ3) is 4.04. The molecular formula is C28H26N4O4. The van der Waals surface area contributed by atoms with Crippen LogP contribution in [0.4, 0.5) is 5.95 Å². The monoisotopic (exact) mass is 482 g/mol. The third-order valence-electron chi connectivity index (χ3n) is 6.57. The molecule has 2 aliphatic rings. The highest BCUT2D eigenvalue weighted by atomic mass is 16.7. The number of hydrogen-bond acceptors (Lipinski definition) is 7. The number of anilines is 1. The normalized spacial score (nSPS) is 14.8. The average Bonchev–Trinajstić information content (AvgIpc) is 3.41. The Labute approximate surface area is 209 Å². The van der Waals surface area contributed by atoms with Crippen LogP contribution in [0, 0.1) is 0 Å². The van der Waals surface area contributed by atoms with Gasteiger partial charge >= 0.3 is 0 Å². The molecule has 6 rings (SSSR count). The molecule has 8 heteroatoms. The van der Waals surface area contributed by atoms with Crippen molar-refractivity contribution in [1.29, 1.82) is 0 Å². The van der Waals surface area contributed by atoms with Crippen LogP contribution >= 0.6 is 0 Å². The van der Waals surface area contributed by atoms with E-state index >= 15 is 0 Å². The Kier molecular flexibility index (Phi) is 5.77. The number of ether oxygens (including phenoxy) is 3. The zero-order valence-corrected chi connectivity index (χ0v) is 20.0. The highest BCUT2D eigenvalue weighted by Crippen LogP contribution is 2.36. The predicted octanol–water partition coefficient (Wildman–Crippen LogP) is 4.39. The SMILES string of the molecule is CCOc1ccc2ccccc2c1C(=O)N1CCN(c2nccc(-c3ccc4c(c3)OCO4)n2)CC1. The van der Waals surface area contributed by atoms with Gasteiger partial charge in [0.2, 0.25) is 12.7 Å². The Morgan fingerprint density at radius 1 is 0.972 bits per heavy atom. The number of amides is 1. The van der Waals surface area contributed by atoms with Crippen molar-refractivity contribution in [3.05, 3.63) is 72.4 Å². The van der Waals surface area contributed by atoms with Crippen LogP contribution in [-0.4, -0.2) is 60.4 Å². The van der Waals surface area contributed by atoms with Gasteiger partial charge < -0.3 is 24.0 Å². The van der Waals surface area contributed by atoms with Gasteiger partial charge in [-0.15, -0.1) is 0 Å². The number of benzene rings is 3. The maximum absolute atomic E-state index is 13.7. The molecule has 3 aromatic carbocycles. The first-order chi connectivity index (χ1) is 17.7. The molecule has 4 aromatic rings. The van der Waals surface area contributed by atoms with E-state index in [1.54, 1.807) is 6.20 Å². The number of fused-ring (bicyclic) bond motifs is 2. The van der Waals surface area contributed by atoms with Gasteiger partial charge in [-0.2, -0.15) is 0 Å². The highest BCUT2D eigenvalue weighted by Gasteiger charge is 2.27. The maximum atomic E-state index is 13.7. The van der Waals surface area contributed by atoms with Crippen LogP contribution in [0.25, 0.3) is 22.0 Å². The lowest BCUT2D eigenvalue weighted by Crippen LogP contribution is -2.49. The number of nitrogens with zero attached hydrogens (tertiary/aromatic N) is 4. The molecule has 0 saturated carbocycles. The summed E-state index contributed by atoms with van der Waals surface area (Å²) in [6.07, 6.45) is 1.77. The Balaban J connectivity index is 1.20. The summed E-state index contributed by atoms with van der Waals surface area (Å²) in [4.78, 5) is 27.0. The van der Waals surface area contributed by atoms with Crippen LogP contribution in [0.1, 0.15) is 17.3 Å². The second kappa shape index (κ2) is 9.37. The van der Waals surface area contributed by atoms with Gasteiger partial charge in [0.05, 0.1) is 17.9 Å². The second-order valence-electron chi connectivity index (χ2n) is 8.68. The molecule has 182 valence electrons. The molecular weight excluding hydrogens is 456 g/mol. The van der Waals surface area contributed by atoms with E-state index in [0.717, 1.165) is 33.5 Å². The fourth-order valence-corrected chi connectivity index (χ4v) is 4.73. The highest BCUT2D eigenvalue weighted by molar-refractivity contribution is 6.09. The van der Waals surface area contributed by atoms with Crippen molar-refractivity contribution >= 4 is 22.6 Å². The Morgan fingerprint density at radius 2 is 1.81 bits per heavy atom. The van der Waals surface area contributed by atoms with Gasteiger partial charge in [-0.05, 0) is 48.0 Å². The summed E-state index contributed by atoms with van der Waals surface area (Å²) in [5, 5.41) is 1.94. The number of piperazine rings is 1. The molecule has 0 spiro atoms. The number of aromatic nitrogens is 2. The molecule has 1 aromatic heterocycles. The summed E-state index contributed by atoms with van der Waals surface area (Å²) < 4.78 is 16.8. The molecule has 0 radical (unpaired) electrons. The first-order valence-electron chi connectivity index (χ1n) is 12.1. The standard InChI is InChI=1S/C28H26N4O4/c1-2-34-24-10-7-19-5-3-4-6-21(19)26(24)27(33)31-13-15-32(16-14-31)28-29-12-11-22(30-28)20-8-9-23-25(17-20)36-18-35-23/h3-12,17H,2,13-16,18H2,1H3. The van der Waals surface area contributed by atoms with E-state index in [0.29, 0.717) is 50.0 Å². The molecule has 2 aliphatic heterocycles. The lowest BCUT2D eigenvalue weighted by Gasteiger charge is -2.35. The van der Waals surface area contributed by atoms with Crippen molar-refractivity contribution in [2.45, 2.75) is 6.92 Å². The van der Waals surface area contributed by atoms with Gasteiger partial charge in [0.1, 0.15) is 5.75 Å². The summed E-state index contributed by atoms with van der Waals surface area (Å²) in [5.74, 6) is 2.73. The zero-order chi connectivity index (χ0) is 24.5. The van der Waals surface area contributed by atoms with Crippen molar-refractivity contribution < 1.29 is 19.0 Å². The van der Waals surface area contributed by atoms with Gasteiger partial charge in [0.15, 0.2) is 11.5 Å². The summed E-state index contributed by atoms with van der Waals surface area (Å²) in [7, 11) is 0. The molecule has 0 N–H and O–H groups in total. The first kappa shape index (κ1) is 22.2. The molecule has 3 heterocycles. The lowest BCUT2D eigenvalue weighted by molar-refractivity contribution is 0.0744. The number of carbonyl (C=O) groups is 1. The second-order valence-corrected chi connectivity index (χ2v) is 8.68. The van der Waals surface area contributed by atoms with Gasteiger partial charge in [-0.1, -0.05) is 30.3 Å². The van der Waals surface area contributed by atoms with Crippen molar-refractivity contribution in [2.75, 3.05) is 44.5 Å². The summed E-state index contributed by atoms with van der Waals surface area (Å²) in [6.45, 7) is 5.11. The van der Waals surface area contributed by atoms with E-state index in [1.165, 1.54) is 0 Å². The zero-order valence-electron chi connectivity index (χ0n) is 20.0. The van der Waals surface area contributed by atoms with Crippen molar-refractivity contribution in [3.63, 3.8) is 0 Å². The Bertz CT molecular complexity index is 1430. The summed E-state index contributed by atoms with van der Waals surface area (Å²) in [6, 6.07) is 19.5. The average molecular weight is 483 g/mol. The predicted molar refractivity (Wildman–Crippen MR) is 137 cm³/mol. The number of hydrogen-bond donors (Lipinski definition) is 0. The molecule has 0 aliphatic carbocycles. The van der Waals surface area contributed by atoms with Crippen LogP contribution < -0.4 is 19.1 Å². The molecule has 1 saturated heterocycles. The minimum atomic E-state index is -0.00933. The number of carbonyl (C=O) groups excluding carboxylic acids is 1. The van der Waals surface area contributed by atoms with E-state index in [2.05, 4.69) is 9.88 Å². The van der Waals surface area contributed by atoms with E-state index in [4.69, 9.17) is 19.2 Å². The minimum Gasteiger partial charge on any atom is -0.493 e. The third-order valence-corrected chi connectivity index (χ3v) is 6.57. The smallest absolute Gasteiger partial charge is 0.258 e. The molecule has 0 atom stereocenters. The molecule has 8 nitrogen and oxygen atoms in total. The van der Waals surface area contributed by atoms with Crippen LogP contribution in [0.2, 0.25) is 0 Å². The molecule has 1 fully saturated rings. The largest absolute Gasteiger partial charge is 0.493 e. The van der Waals surface area contributed by atoms with Crippen molar-refractivity contribution in [3.8, 4) is 28.5 Å². The fourth-order valence-electron chi connectivity index (χ4n) is 4.73. The summed E-state index contributed by atoms with van der Waals surface area (Å²) in [5.41, 5.74) is 2.38. The minimum absolute atomic E-state index is 0.00933. The van der Waals surface area contributed by atoms with E-state index in [-0.39, 0.29) is 12.7 Å². The Morgan fingerprint density at radius 3 is 2.67 bits per heavy atom. The summed E-state index contributed by atoms with van der Waals surface area (Å²) >= 11 is 0. The van der Waals surface area contributed by atoms with Gasteiger partial charge in [-0.3, -0.25) is 4.79 Å². The lowest BCUT2D eigenvalue weighted by atomic mass is 10.0.